The first-order valence-corrected chi connectivity index (χ1v) is 10.6. The number of pyridine rings is 1. The maximum atomic E-state index is 12.7. The number of hydrogen-bond acceptors (Lipinski definition) is 4. The molecule has 0 spiro atoms. The quantitative estimate of drug-likeness (QED) is 0.321. The molecule has 8 nitrogen and oxygen atoms in total. The van der Waals surface area contributed by atoms with Gasteiger partial charge in [-0.15, -0.1) is 0 Å². The molecule has 2 aliphatic carbocycles. The molecule has 2 aromatic rings. The maximum absolute atomic E-state index is 12.7. The molecular formula is C22H26N6O2. The summed E-state index contributed by atoms with van der Waals surface area (Å²) in [6, 6.07) is 5.93. The third-order valence-corrected chi connectivity index (χ3v) is 6.50. The SMILES string of the molecule is CN=C(NCCc1cn2ccccc2n1)NCCN1C(=O)C2C3C=CC(C3)C2C1=O. The van der Waals surface area contributed by atoms with Crippen molar-refractivity contribution in [3.8, 4) is 0 Å². The van der Waals surface area contributed by atoms with Crippen molar-refractivity contribution in [3.05, 3.63) is 48.4 Å². The minimum absolute atomic E-state index is 0.00144. The predicted molar refractivity (Wildman–Crippen MR) is 113 cm³/mol. The summed E-state index contributed by atoms with van der Waals surface area (Å²) in [5.41, 5.74) is 1.94. The Morgan fingerprint density at radius 3 is 2.57 bits per heavy atom. The van der Waals surface area contributed by atoms with E-state index in [1.54, 1.807) is 7.05 Å². The number of aromatic nitrogens is 2. The van der Waals surface area contributed by atoms with Gasteiger partial charge in [0.25, 0.3) is 0 Å². The zero-order valence-electron chi connectivity index (χ0n) is 17.0. The van der Waals surface area contributed by atoms with Crippen LogP contribution in [0.5, 0.6) is 0 Å². The van der Waals surface area contributed by atoms with E-state index in [0.29, 0.717) is 25.6 Å². The van der Waals surface area contributed by atoms with Crippen LogP contribution in [0, 0.1) is 23.7 Å². The van der Waals surface area contributed by atoms with Gasteiger partial charge in [-0.3, -0.25) is 19.5 Å². The second kappa shape index (κ2) is 7.59. The van der Waals surface area contributed by atoms with Crippen LogP contribution in [0.3, 0.4) is 0 Å². The van der Waals surface area contributed by atoms with Crippen LogP contribution in [0.4, 0.5) is 0 Å². The molecular weight excluding hydrogens is 380 g/mol. The van der Waals surface area contributed by atoms with Crippen LogP contribution in [-0.4, -0.2) is 58.7 Å². The molecule has 4 unspecified atom stereocenters. The van der Waals surface area contributed by atoms with Crippen LogP contribution in [-0.2, 0) is 16.0 Å². The lowest BCUT2D eigenvalue weighted by atomic mass is 9.85. The molecule has 1 saturated heterocycles. The van der Waals surface area contributed by atoms with Crippen LogP contribution in [0.15, 0.2) is 47.7 Å². The lowest BCUT2D eigenvalue weighted by molar-refractivity contribution is -0.140. The number of amides is 2. The summed E-state index contributed by atoms with van der Waals surface area (Å²) in [6.07, 6.45) is 9.97. The number of carbonyl (C=O) groups is 2. The summed E-state index contributed by atoms with van der Waals surface area (Å²) in [4.78, 5) is 35.7. The number of imidazole rings is 1. The smallest absolute Gasteiger partial charge is 0.233 e. The van der Waals surface area contributed by atoms with Gasteiger partial charge in [-0.2, -0.15) is 0 Å². The molecule has 0 aromatic carbocycles. The van der Waals surface area contributed by atoms with E-state index in [9.17, 15) is 9.59 Å². The van der Waals surface area contributed by atoms with Crippen molar-refractivity contribution in [1.82, 2.24) is 24.9 Å². The number of guanidine groups is 1. The molecule has 2 N–H and O–H groups in total. The summed E-state index contributed by atoms with van der Waals surface area (Å²) in [5.74, 6) is 0.898. The van der Waals surface area contributed by atoms with Crippen LogP contribution in [0.25, 0.3) is 5.65 Å². The number of aliphatic imine (C=N–C) groups is 1. The number of fused-ring (bicyclic) bond motifs is 6. The summed E-state index contributed by atoms with van der Waals surface area (Å²) >= 11 is 0. The third kappa shape index (κ3) is 3.16. The summed E-state index contributed by atoms with van der Waals surface area (Å²) in [5, 5.41) is 6.47. The normalized spacial score (nSPS) is 27.4. The van der Waals surface area contributed by atoms with Gasteiger partial charge in [0.05, 0.1) is 17.5 Å². The van der Waals surface area contributed by atoms with Crippen molar-refractivity contribution in [2.45, 2.75) is 12.8 Å². The largest absolute Gasteiger partial charge is 0.356 e. The lowest BCUT2D eigenvalue weighted by Crippen LogP contribution is -2.44. The van der Waals surface area contributed by atoms with Crippen LogP contribution >= 0.6 is 0 Å². The Kier molecular flexibility index (Phi) is 4.77. The number of hydrogen-bond donors (Lipinski definition) is 2. The number of rotatable bonds is 6. The fourth-order valence-electron chi connectivity index (χ4n) is 5.11. The molecule has 30 heavy (non-hydrogen) atoms. The molecule has 3 aliphatic rings. The zero-order chi connectivity index (χ0) is 20.7. The van der Waals surface area contributed by atoms with Crippen molar-refractivity contribution in [2.75, 3.05) is 26.7 Å². The second-order valence-corrected chi connectivity index (χ2v) is 8.20. The van der Waals surface area contributed by atoms with Gasteiger partial charge in [0.2, 0.25) is 11.8 Å². The first kappa shape index (κ1) is 18.8. The molecule has 5 rings (SSSR count). The Bertz CT molecular complexity index is 978. The van der Waals surface area contributed by atoms with E-state index >= 15 is 0 Å². The van der Waals surface area contributed by atoms with Crippen molar-refractivity contribution in [2.24, 2.45) is 28.7 Å². The minimum atomic E-state index is -0.129. The average Bonchev–Trinajstić information content (AvgIpc) is 3.51. The number of likely N-dealkylation sites (tertiary alicyclic amines) is 1. The Labute approximate surface area is 175 Å². The van der Waals surface area contributed by atoms with Gasteiger partial charge >= 0.3 is 0 Å². The number of allylic oxidation sites excluding steroid dienone is 2. The number of nitrogens with one attached hydrogen (secondary N) is 2. The van der Waals surface area contributed by atoms with Gasteiger partial charge in [-0.05, 0) is 30.4 Å². The highest BCUT2D eigenvalue weighted by Crippen LogP contribution is 2.52. The minimum Gasteiger partial charge on any atom is -0.356 e. The Morgan fingerprint density at radius 2 is 1.87 bits per heavy atom. The van der Waals surface area contributed by atoms with Crippen LogP contribution in [0.2, 0.25) is 0 Å². The zero-order valence-corrected chi connectivity index (χ0v) is 17.0. The average molecular weight is 406 g/mol. The Hall–Kier alpha value is -3.16. The molecule has 2 amide bonds. The second-order valence-electron chi connectivity index (χ2n) is 8.20. The van der Waals surface area contributed by atoms with E-state index in [1.807, 2.05) is 35.0 Å². The van der Waals surface area contributed by atoms with E-state index in [0.717, 1.165) is 24.2 Å². The molecule has 1 aliphatic heterocycles. The van der Waals surface area contributed by atoms with E-state index in [1.165, 1.54) is 4.90 Å². The molecule has 1 saturated carbocycles. The van der Waals surface area contributed by atoms with Crippen LogP contribution < -0.4 is 10.6 Å². The molecule has 2 bridgehead atoms. The molecule has 2 fully saturated rings. The topological polar surface area (TPSA) is 91.1 Å². The van der Waals surface area contributed by atoms with E-state index < -0.39 is 0 Å². The standard InChI is InChI=1S/C22H26N6O2/c1-23-22(24-8-7-16-13-27-10-3-2-4-17(27)26-16)25-9-11-28-20(29)18-14-5-6-15(12-14)19(18)21(28)30/h2-6,10,13-15,18-19H,7-9,11-12H2,1H3,(H2,23,24,25). The molecule has 4 atom stereocenters. The number of nitrogens with zero attached hydrogens (tertiary/aromatic N) is 4. The third-order valence-electron chi connectivity index (χ3n) is 6.50. The monoisotopic (exact) mass is 406 g/mol. The number of carbonyl (C=O) groups excluding carboxylic acids is 2. The first-order valence-electron chi connectivity index (χ1n) is 10.6. The summed E-state index contributed by atoms with van der Waals surface area (Å²) in [7, 11) is 1.71. The molecule has 2 aromatic heterocycles. The van der Waals surface area contributed by atoms with Gasteiger partial charge in [0, 0.05) is 45.5 Å². The van der Waals surface area contributed by atoms with E-state index in [2.05, 4.69) is 32.8 Å². The predicted octanol–water partition coefficient (Wildman–Crippen LogP) is 0.849. The highest BCUT2D eigenvalue weighted by molar-refractivity contribution is 6.06. The molecule has 8 heteroatoms. The van der Waals surface area contributed by atoms with Crippen molar-refractivity contribution in [1.29, 1.82) is 0 Å². The van der Waals surface area contributed by atoms with Crippen LogP contribution in [0.1, 0.15) is 12.1 Å². The fourth-order valence-corrected chi connectivity index (χ4v) is 5.11. The van der Waals surface area contributed by atoms with Gasteiger partial charge in [0.15, 0.2) is 5.96 Å². The summed E-state index contributed by atoms with van der Waals surface area (Å²) < 4.78 is 2.00. The Balaban J connectivity index is 1.09. The molecule has 0 radical (unpaired) electrons. The highest BCUT2D eigenvalue weighted by atomic mass is 16.2. The Morgan fingerprint density at radius 1 is 1.13 bits per heavy atom. The first-order chi connectivity index (χ1) is 14.7. The van der Waals surface area contributed by atoms with Crippen molar-refractivity contribution in [3.63, 3.8) is 0 Å². The van der Waals surface area contributed by atoms with Gasteiger partial charge in [-0.25, -0.2) is 4.98 Å². The molecule has 3 heterocycles. The van der Waals surface area contributed by atoms with E-state index in [-0.39, 0.29) is 35.5 Å². The maximum Gasteiger partial charge on any atom is 0.233 e. The number of imide groups is 1. The van der Waals surface area contributed by atoms with E-state index in [4.69, 9.17) is 0 Å². The van der Waals surface area contributed by atoms with Gasteiger partial charge < -0.3 is 15.0 Å². The van der Waals surface area contributed by atoms with Gasteiger partial charge in [0.1, 0.15) is 5.65 Å². The fraction of sp³-hybridized carbons (Fsp3) is 0.455. The van der Waals surface area contributed by atoms with Gasteiger partial charge in [-0.1, -0.05) is 18.2 Å². The highest BCUT2D eigenvalue weighted by Gasteiger charge is 2.58. The van der Waals surface area contributed by atoms with Crippen molar-refractivity contribution < 1.29 is 9.59 Å². The summed E-state index contributed by atoms with van der Waals surface area (Å²) in [6.45, 7) is 1.54. The molecule has 156 valence electrons. The lowest BCUT2D eigenvalue weighted by Gasteiger charge is -2.18. The van der Waals surface area contributed by atoms with Crippen molar-refractivity contribution >= 4 is 23.4 Å².